The van der Waals surface area contributed by atoms with Gasteiger partial charge in [-0.2, -0.15) is 0 Å². The fourth-order valence-corrected chi connectivity index (χ4v) is 2.31. The molecule has 23 heavy (non-hydrogen) atoms. The maximum atomic E-state index is 11.2. The number of rotatable bonds is 9. The molecule has 3 atom stereocenters. The van der Waals surface area contributed by atoms with Gasteiger partial charge in [0.1, 0.15) is 0 Å². The Kier molecular flexibility index (Phi) is 8.59. The summed E-state index contributed by atoms with van der Waals surface area (Å²) < 4.78 is 10.3. The molecule has 0 heterocycles. The van der Waals surface area contributed by atoms with Crippen molar-refractivity contribution in [1.29, 1.82) is 0 Å². The maximum Gasteiger partial charge on any atom is 0.309 e. The van der Waals surface area contributed by atoms with E-state index in [1.807, 2.05) is 57.2 Å². The highest BCUT2D eigenvalue weighted by molar-refractivity contribution is 5.71. The van der Waals surface area contributed by atoms with Gasteiger partial charge in [0.15, 0.2) is 0 Å². The minimum Gasteiger partial charge on any atom is -0.469 e. The lowest BCUT2D eigenvalue weighted by atomic mass is 9.88. The third-order valence-corrected chi connectivity index (χ3v) is 4.12. The van der Waals surface area contributed by atoms with E-state index in [9.17, 15) is 9.90 Å². The highest BCUT2D eigenvalue weighted by Crippen LogP contribution is 2.21. The molecular formula is C19H28O4. The maximum absolute atomic E-state index is 11.2. The molecule has 1 rings (SSSR count). The number of carbonyl (C=O) groups excluding carboxylic acids is 1. The average Bonchev–Trinajstić information content (AvgIpc) is 2.58. The van der Waals surface area contributed by atoms with Crippen LogP contribution in [-0.4, -0.2) is 30.9 Å². The van der Waals surface area contributed by atoms with Gasteiger partial charge in [-0.3, -0.25) is 4.79 Å². The molecule has 4 heteroatoms. The number of carbonyl (C=O) groups is 1. The van der Waals surface area contributed by atoms with Crippen LogP contribution in [0.5, 0.6) is 0 Å². The Hall–Kier alpha value is -1.65. The summed E-state index contributed by atoms with van der Waals surface area (Å²) in [4.78, 5) is 11.2. The van der Waals surface area contributed by atoms with E-state index < -0.39 is 6.10 Å². The molecule has 0 aromatic heterocycles. The van der Waals surface area contributed by atoms with Gasteiger partial charge in [0, 0.05) is 11.8 Å². The van der Waals surface area contributed by atoms with Crippen LogP contribution in [0.15, 0.2) is 42.0 Å². The van der Waals surface area contributed by atoms with Crippen LogP contribution in [0.2, 0.25) is 0 Å². The third-order valence-electron chi connectivity index (χ3n) is 4.12. The molecule has 0 bridgehead atoms. The van der Waals surface area contributed by atoms with Crippen LogP contribution in [0.1, 0.15) is 32.8 Å². The highest BCUT2D eigenvalue weighted by atomic mass is 16.5. The molecule has 0 saturated heterocycles. The minimum absolute atomic E-state index is 0.00943. The number of hydrogen-bond donors (Lipinski definition) is 1. The first kappa shape index (κ1) is 19.4. The molecule has 0 fully saturated rings. The number of hydrogen-bond acceptors (Lipinski definition) is 4. The van der Waals surface area contributed by atoms with Crippen molar-refractivity contribution >= 4 is 5.97 Å². The second-order valence-electron chi connectivity index (χ2n) is 5.99. The topological polar surface area (TPSA) is 55.8 Å². The first-order chi connectivity index (χ1) is 11.0. The molecular weight excluding hydrogens is 292 g/mol. The molecule has 0 amide bonds. The van der Waals surface area contributed by atoms with E-state index >= 15 is 0 Å². The van der Waals surface area contributed by atoms with E-state index in [1.54, 1.807) is 0 Å². The number of aliphatic hydroxyl groups is 1. The normalized spacial score (nSPS) is 15.8. The Balaban J connectivity index is 2.42. The van der Waals surface area contributed by atoms with Crippen molar-refractivity contribution in [3.63, 3.8) is 0 Å². The monoisotopic (exact) mass is 320 g/mol. The number of esters is 1. The summed E-state index contributed by atoms with van der Waals surface area (Å²) in [5.41, 5.74) is 2.11. The van der Waals surface area contributed by atoms with E-state index in [-0.39, 0.29) is 24.2 Å². The molecule has 0 aliphatic rings. The zero-order chi connectivity index (χ0) is 17.2. The molecule has 0 spiro atoms. The van der Waals surface area contributed by atoms with Gasteiger partial charge < -0.3 is 14.6 Å². The number of aliphatic hydroxyl groups excluding tert-OH is 1. The van der Waals surface area contributed by atoms with Crippen LogP contribution in [-0.2, 0) is 20.9 Å². The fourth-order valence-electron chi connectivity index (χ4n) is 2.31. The van der Waals surface area contributed by atoms with Gasteiger partial charge in [0.2, 0.25) is 0 Å². The number of methoxy groups -OCH3 is 1. The summed E-state index contributed by atoms with van der Waals surface area (Å²) in [7, 11) is 1.37. The van der Waals surface area contributed by atoms with Crippen LogP contribution in [0.3, 0.4) is 0 Å². The summed E-state index contributed by atoms with van der Waals surface area (Å²) in [6, 6.07) is 9.97. The third kappa shape index (κ3) is 6.97. The van der Waals surface area contributed by atoms with Gasteiger partial charge >= 0.3 is 5.97 Å². The lowest BCUT2D eigenvalue weighted by Gasteiger charge is -2.25. The first-order valence-electron chi connectivity index (χ1n) is 7.99. The summed E-state index contributed by atoms with van der Waals surface area (Å²) in [5.74, 6) is -0.296. The van der Waals surface area contributed by atoms with Crippen molar-refractivity contribution in [1.82, 2.24) is 0 Å². The van der Waals surface area contributed by atoms with Gasteiger partial charge in [-0.15, -0.1) is 0 Å². The Morgan fingerprint density at radius 1 is 1.26 bits per heavy atom. The van der Waals surface area contributed by atoms with Gasteiger partial charge in [-0.25, -0.2) is 0 Å². The molecule has 1 N–H and O–H groups in total. The van der Waals surface area contributed by atoms with Crippen LogP contribution in [0.4, 0.5) is 0 Å². The lowest BCUT2D eigenvalue weighted by Crippen LogP contribution is -2.29. The molecule has 0 unspecified atom stereocenters. The van der Waals surface area contributed by atoms with Crippen molar-refractivity contribution in [3.05, 3.63) is 47.5 Å². The van der Waals surface area contributed by atoms with Crippen LogP contribution < -0.4 is 0 Å². The van der Waals surface area contributed by atoms with E-state index in [2.05, 4.69) is 4.74 Å². The smallest absolute Gasteiger partial charge is 0.309 e. The van der Waals surface area contributed by atoms with Crippen LogP contribution in [0, 0.1) is 11.8 Å². The quantitative estimate of drug-likeness (QED) is 0.560. The average molecular weight is 320 g/mol. The molecule has 0 saturated carbocycles. The lowest BCUT2D eigenvalue weighted by molar-refractivity contribution is -0.139. The Morgan fingerprint density at radius 3 is 2.52 bits per heavy atom. The molecule has 0 aliphatic carbocycles. The summed E-state index contributed by atoms with van der Waals surface area (Å²) >= 11 is 0. The fraction of sp³-hybridized carbons (Fsp3) is 0.526. The van der Waals surface area contributed by atoms with Crippen LogP contribution >= 0.6 is 0 Å². The SMILES string of the molecule is COC(=O)C/C=C(\C)[C@@H](C)[C@H](O)[C@@H](C)COCc1ccccc1. The standard InChI is InChI=1S/C19H28O4/c1-14(10-11-18(20)22-4)16(3)19(21)15(2)12-23-13-17-8-6-5-7-9-17/h5-10,15-16,19,21H,11-13H2,1-4H3/b14-10+/t15-,16+,19+/m0/s1. The minimum atomic E-state index is -0.514. The second-order valence-corrected chi connectivity index (χ2v) is 5.99. The van der Waals surface area contributed by atoms with E-state index in [4.69, 9.17) is 4.74 Å². The predicted octanol–water partition coefficient (Wildman–Crippen LogP) is 3.35. The van der Waals surface area contributed by atoms with Crippen molar-refractivity contribution in [2.24, 2.45) is 11.8 Å². The van der Waals surface area contributed by atoms with Crippen molar-refractivity contribution in [2.45, 2.75) is 39.9 Å². The van der Waals surface area contributed by atoms with Gasteiger partial charge in [0.25, 0.3) is 0 Å². The molecule has 4 nitrogen and oxygen atoms in total. The second kappa shape index (κ2) is 10.2. The van der Waals surface area contributed by atoms with E-state index in [0.29, 0.717) is 13.2 Å². The molecule has 0 radical (unpaired) electrons. The Labute approximate surface area is 139 Å². The summed E-state index contributed by atoms with van der Waals surface area (Å²) in [6.07, 6.45) is 1.54. The molecule has 128 valence electrons. The Morgan fingerprint density at radius 2 is 1.91 bits per heavy atom. The van der Waals surface area contributed by atoms with Crippen molar-refractivity contribution in [3.8, 4) is 0 Å². The molecule has 0 aliphatic heterocycles. The van der Waals surface area contributed by atoms with E-state index in [0.717, 1.165) is 11.1 Å². The van der Waals surface area contributed by atoms with Crippen molar-refractivity contribution in [2.75, 3.05) is 13.7 Å². The first-order valence-corrected chi connectivity index (χ1v) is 7.99. The van der Waals surface area contributed by atoms with Crippen molar-refractivity contribution < 1.29 is 19.4 Å². The molecule has 1 aromatic carbocycles. The Bertz CT molecular complexity index is 495. The van der Waals surface area contributed by atoms with Gasteiger partial charge in [-0.1, -0.05) is 55.8 Å². The van der Waals surface area contributed by atoms with E-state index in [1.165, 1.54) is 7.11 Å². The number of ether oxygens (including phenoxy) is 2. The zero-order valence-corrected chi connectivity index (χ0v) is 14.5. The summed E-state index contributed by atoms with van der Waals surface area (Å²) in [6.45, 7) is 6.89. The zero-order valence-electron chi connectivity index (χ0n) is 14.5. The molecule has 1 aromatic rings. The highest BCUT2D eigenvalue weighted by Gasteiger charge is 2.22. The predicted molar refractivity (Wildman–Crippen MR) is 90.8 cm³/mol. The largest absolute Gasteiger partial charge is 0.469 e. The van der Waals surface area contributed by atoms with Gasteiger partial charge in [-0.05, 0) is 12.5 Å². The number of benzene rings is 1. The summed E-state index contributed by atoms with van der Waals surface area (Å²) in [5, 5.41) is 10.4. The van der Waals surface area contributed by atoms with Crippen LogP contribution in [0.25, 0.3) is 0 Å². The van der Waals surface area contributed by atoms with Gasteiger partial charge in [0.05, 0.1) is 32.8 Å².